The third kappa shape index (κ3) is 3.10. The van der Waals surface area contributed by atoms with Gasteiger partial charge in [-0.15, -0.1) is 0 Å². The van der Waals surface area contributed by atoms with Gasteiger partial charge in [-0.3, -0.25) is 4.79 Å². The number of halogens is 2. The van der Waals surface area contributed by atoms with Gasteiger partial charge < -0.3 is 10.2 Å². The lowest BCUT2D eigenvalue weighted by molar-refractivity contribution is -0.129. The Bertz CT molecular complexity index is 396. The van der Waals surface area contributed by atoms with Gasteiger partial charge in [0.25, 0.3) is 0 Å². The monoisotopic (exact) mass is 244 g/mol. The third-order valence-corrected chi connectivity index (χ3v) is 2.42. The number of rotatable bonds is 3. The maximum atomic E-state index is 13.1. The number of nitrogens with one attached hydrogen (secondary N) is 1. The fourth-order valence-corrected chi connectivity index (χ4v) is 1.40. The molecule has 16 heavy (non-hydrogen) atoms. The third-order valence-electron chi connectivity index (χ3n) is 2.11. The van der Waals surface area contributed by atoms with Gasteiger partial charge in [0.05, 0.1) is 5.02 Å². The number of hydrogen-bond acceptors (Lipinski definition) is 2. The molecule has 1 amide bonds. The number of benzene rings is 1. The van der Waals surface area contributed by atoms with Crippen LogP contribution in [-0.2, 0) is 4.79 Å². The summed E-state index contributed by atoms with van der Waals surface area (Å²) < 4.78 is 13.1. The topological polar surface area (TPSA) is 32.3 Å². The molecule has 1 rings (SSSR count). The first-order valence-corrected chi connectivity index (χ1v) is 5.22. The van der Waals surface area contributed by atoms with E-state index < -0.39 is 11.9 Å². The van der Waals surface area contributed by atoms with E-state index in [-0.39, 0.29) is 10.9 Å². The molecule has 5 heteroatoms. The summed E-state index contributed by atoms with van der Waals surface area (Å²) in [6.45, 7) is 1.72. The van der Waals surface area contributed by atoms with Gasteiger partial charge in [-0.1, -0.05) is 11.6 Å². The zero-order chi connectivity index (χ0) is 12.3. The van der Waals surface area contributed by atoms with Gasteiger partial charge in [0.1, 0.15) is 11.9 Å². The van der Waals surface area contributed by atoms with E-state index in [2.05, 4.69) is 5.32 Å². The normalized spacial score (nSPS) is 12.1. The summed E-state index contributed by atoms with van der Waals surface area (Å²) in [6.07, 6.45) is 0. The minimum absolute atomic E-state index is 0.0668. The highest BCUT2D eigenvalue weighted by atomic mass is 35.5. The van der Waals surface area contributed by atoms with Crippen LogP contribution in [0.3, 0.4) is 0 Å². The molecule has 3 nitrogen and oxygen atoms in total. The van der Waals surface area contributed by atoms with Crippen LogP contribution in [0.4, 0.5) is 10.1 Å². The Hall–Kier alpha value is -1.29. The molecule has 0 bridgehead atoms. The number of likely N-dealkylation sites (N-methyl/N-ethyl adjacent to an activating group) is 1. The number of nitrogens with zero attached hydrogens (tertiary/aromatic N) is 1. The van der Waals surface area contributed by atoms with Crippen molar-refractivity contribution in [2.45, 2.75) is 13.0 Å². The van der Waals surface area contributed by atoms with Crippen molar-refractivity contribution in [2.75, 3.05) is 19.4 Å². The summed E-state index contributed by atoms with van der Waals surface area (Å²) >= 11 is 5.55. The smallest absolute Gasteiger partial charge is 0.244 e. The highest BCUT2D eigenvalue weighted by Crippen LogP contribution is 2.19. The van der Waals surface area contributed by atoms with Gasteiger partial charge >= 0.3 is 0 Å². The summed E-state index contributed by atoms with van der Waals surface area (Å²) in [5.74, 6) is -0.577. The van der Waals surface area contributed by atoms with Crippen molar-refractivity contribution < 1.29 is 9.18 Å². The molecule has 1 aromatic rings. The zero-order valence-corrected chi connectivity index (χ0v) is 10.2. The predicted molar refractivity (Wildman–Crippen MR) is 63.2 cm³/mol. The van der Waals surface area contributed by atoms with Gasteiger partial charge in [0.15, 0.2) is 0 Å². The van der Waals surface area contributed by atoms with Gasteiger partial charge in [-0.2, -0.15) is 0 Å². The molecular formula is C11H14ClFN2O. The van der Waals surface area contributed by atoms with Crippen molar-refractivity contribution in [3.05, 3.63) is 29.0 Å². The maximum Gasteiger partial charge on any atom is 0.244 e. The van der Waals surface area contributed by atoms with Crippen molar-refractivity contribution in [1.29, 1.82) is 0 Å². The van der Waals surface area contributed by atoms with E-state index in [1.54, 1.807) is 27.1 Å². The highest BCUT2D eigenvalue weighted by Gasteiger charge is 2.14. The average Bonchev–Trinajstić information content (AvgIpc) is 2.22. The summed E-state index contributed by atoms with van der Waals surface area (Å²) in [7, 11) is 3.34. The Morgan fingerprint density at radius 2 is 2.12 bits per heavy atom. The second-order valence-electron chi connectivity index (χ2n) is 3.73. The van der Waals surface area contributed by atoms with Crippen LogP contribution in [0.25, 0.3) is 0 Å². The Morgan fingerprint density at radius 3 is 2.62 bits per heavy atom. The molecule has 1 unspecified atom stereocenters. The molecule has 0 saturated carbocycles. The van der Waals surface area contributed by atoms with E-state index >= 15 is 0 Å². The highest BCUT2D eigenvalue weighted by molar-refractivity contribution is 6.30. The Kier molecular flexibility index (Phi) is 4.12. The van der Waals surface area contributed by atoms with Gasteiger partial charge in [0.2, 0.25) is 5.91 Å². The Labute approximate surface area is 99.2 Å². The fraction of sp³-hybridized carbons (Fsp3) is 0.364. The van der Waals surface area contributed by atoms with Crippen LogP contribution in [0.2, 0.25) is 5.02 Å². The standard InChI is InChI=1S/C11H14ClFN2O/c1-7(11(16)15(2)3)14-8-4-5-9(12)10(13)6-8/h4-7,14H,1-3H3. The van der Waals surface area contributed by atoms with Crippen LogP contribution in [0.15, 0.2) is 18.2 Å². The molecule has 1 N–H and O–H groups in total. The number of anilines is 1. The zero-order valence-electron chi connectivity index (χ0n) is 9.42. The van der Waals surface area contributed by atoms with Gasteiger partial charge in [-0.05, 0) is 25.1 Å². The Balaban J connectivity index is 2.73. The molecule has 0 radical (unpaired) electrons. The first-order valence-electron chi connectivity index (χ1n) is 4.84. The quantitative estimate of drug-likeness (QED) is 0.885. The van der Waals surface area contributed by atoms with E-state index in [0.717, 1.165) is 0 Å². The van der Waals surface area contributed by atoms with E-state index in [1.165, 1.54) is 17.0 Å². The summed E-state index contributed by atoms with van der Waals surface area (Å²) in [5.41, 5.74) is 0.532. The first-order chi connectivity index (χ1) is 7.41. The lowest BCUT2D eigenvalue weighted by Crippen LogP contribution is -2.36. The van der Waals surface area contributed by atoms with Crippen molar-refractivity contribution >= 4 is 23.2 Å². The SMILES string of the molecule is CC(Nc1ccc(Cl)c(F)c1)C(=O)N(C)C. The van der Waals surface area contributed by atoms with Crippen molar-refractivity contribution in [3.8, 4) is 0 Å². The molecule has 0 aromatic heterocycles. The van der Waals surface area contributed by atoms with E-state index in [9.17, 15) is 9.18 Å². The molecule has 0 aliphatic rings. The maximum absolute atomic E-state index is 13.1. The van der Waals surface area contributed by atoms with Gasteiger partial charge in [-0.25, -0.2) is 4.39 Å². The van der Waals surface area contributed by atoms with Crippen LogP contribution in [0.1, 0.15) is 6.92 Å². The van der Waals surface area contributed by atoms with Crippen molar-refractivity contribution in [1.82, 2.24) is 4.90 Å². The molecule has 88 valence electrons. The molecule has 0 fully saturated rings. The van der Waals surface area contributed by atoms with E-state index in [0.29, 0.717) is 5.69 Å². The minimum atomic E-state index is -0.504. The van der Waals surface area contributed by atoms with Gasteiger partial charge in [0, 0.05) is 19.8 Å². The first kappa shape index (κ1) is 12.8. The summed E-state index contributed by atoms with van der Waals surface area (Å²) in [4.78, 5) is 13.0. The number of amides is 1. The molecule has 1 atom stereocenters. The molecule has 1 aromatic carbocycles. The molecular weight excluding hydrogens is 231 g/mol. The fourth-order valence-electron chi connectivity index (χ4n) is 1.28. The molecule has 0 heterocycles. The Morgan fingerprint density at radius 1 is 1.50 bits per heavy atom. The van der Waals surface area contributed by atoms with Crippen LogP contribution < -0.4 is 5.32 Å². The second kappa shape index (κ2) is 5.16. The number of carbonyl (C=O) groups excluding carboxylic acids is 1. The number of hydrogen-bond donors (Lipinski definition) is 1. The van der Waals surface area contributed by atoms with E-state index in [1.807, 2.05) is 0 Å². The van der Waals surface area contributed by atoms with Crippen LogP contribution in [0, 0.1) is 5.82 Å². The lowest BCUT2D eigenvalue weighted by atomic mass is 10.2. The molecule has 0 saturated heterocycles. The van der Waals surface area contributed by atoms with Crippen LogP contribution in [0.5, 0.6) is 0 Å². The summed E-state index contributed by atoms with van der Waals surface area (Å²) in [6, 6.07) is 3.94. The largest absolute Gasteiger partial charge is 0.374 e. The molecule has 0 spiro atoms. The second-order valence-corrected chi connectivity index (χ2v) is 4.13. The van der Waals surface area contributed by atoms with Crippen molar-refractivity contribution in [3.63, 3.8) is 0 Å². The molecule has 0 aliphatic carbocycles. The number of carbonyl (C=O) groups is 1. The lowest BCUT2D eigenvalue weighted by Gasteiger charge is -2.19. The molecule has 0 aliphatic heterocycles. The average molecular weight is 245 g/mol. The minimum Gasteiger partial charge on any atom is -0.374 e. The predicted octanol–water partition coefficient (Wildman–Crippen LogP) is 2.37. The van der Waals surface area contributed by atoms with Crippen LogP contribution in [-0.4, -0.2) is 30.9 Å². The van der Waals surface area contributed by atoms with Crippen molar-refractivity contribution in [2.24, 2.45) is 0 Å². The summed E-state index contributed by atoms with van der Waals surface area (Å²) in [5, 5.41) is 2.97. The van der Waals surface area contributed by atoms with E-state index in [4.69, 9.17) is 11.6 Å². The van der Waals surface area contributed by atoms with Crippen LogP contribution >= 0.6 is 11.6 Å².